The third-order valence-corrected chi connectivity index (χ3v) is 6.89. The van der Waals surface area contributed by atoms with Gasteiger partial charge in [0, 0.05) is 55.4 Å². The Bertz CT molecular complexity index is 1400. The van der Waals surface area contributed by atoms with Gasteiger partial charge in [-0.05, 0) is 24.6 Å². The molecule has 0 atom stereocenters. The molecule has 0 saturated carbocycles. The summed E-state index contributed by atoms with van der Waals surface area (Å²) in [4.78, 5) is 10.6. The van der Waals surface area contributed by atoms with Crippen LogP contribution in [0.3, 0.4) is 0 Å². The molecule has 8 nitrogen and oxygen atoms in total. The summed E-state index contributed by atoms with van der Waals surface area (Å²) in [6.07, 6.45) is 5.48. The average Bonchev–Trinajstić information content (AvgIpc) is 2.79. The molecule has 0 radical (unpaired) electrons. The fourth-order valence-electron chi connectivity index (χ4n) is 3.69. The van der Waals surface area contributed by atoms with Gasteiger partial charge in [0.1, 0.15) is 11.6 Å². The maximum absolute atomic E-state index is 13.1. The molecule has 0 amide bonds. The molecule has 0 aliphatic carbocycles. The fraction of sp³-hybridized carbons (Fsp3) is 0.208. The smallest absolute Gasteiger partial charge is 0.241 e. The molecule has 0 aliphatic heterocycles. The van der Waals surface area contributed by atoms with Gasteiger partial charge in [-0.25, -0.2) is 27.7 Å². The molecule has 0 saturated heterocycles. The number of anilines is 2. The van der Waals surface area contributed by atoms with Crippen LogP contribution in [0.15, 0.2) is 72.0 Å². The van der Waals surface area contributed by atoms with Crippen LogP contribution in [-0.4, -0.2) is 32.5 Å². The minimum Gasteiger partial charge on any atom is -0.383 e. The molecular formula is C24H27N6O2S+. The van der Waals surface area contributed by atoms with E-state index >= 15 is 0 Å². The van der Waals surface area contributed by atoms with Crippen molar-refractivity contribution in [3.63, 3.8) is 0 Å². The SMILES string of the molecule is Cc1ncc(C[n+]2ccc(CNS(=O)(=O)c3cccc4c(N(C)C)cccc34)cc2)c(N)n1. The zero-order chi connectivity index (χ0) is 23.6. The van der Waals surface area contributed by atoms with Gasteiger partial charge in [-0.2, -0.15) is 0 Å². The number of aryl methyl sites for hydroxylation is 1. The van der Waals surface area contributed by atoms with Crippen molar-refractivity contribution in [2.45, 2.75) is 24.9 Å². The van der Waals surface area contributed by atoms with Crippen molar-refractivity contribution < 1.29 is 13.0 Å². The molecule has 9 heteroatoms. The molecule has 2 aromatic heterocycles. The van der Waals surface area contributed by atoms with Crippen molar-refractivity contribution in [1.82, 2.24) is 14.7 Å². The van der Waals surface area contributed by atoms with E-state index in [1.165, 1.54) is 0 Å². The second-order valence-corrected chi connectivity index (χ2v) is 9.79. The molecule has 2 heterocycles. The van der Waals surface area contributed by atoms with Crippen molar-refractivity contribution in [2.24, 2.45) is 0 Å². The largest absolute Gasteiger partial charge is 0.383 e. The van der Waals surface area contributed by atoms with E-state index in [1.807, 2.05) is 72.4 Å². The number of benzene rings is 2. The van der Waals surface area contributed by atoms with Crippen LogP contribution in [0.25, 0.3) is 10.8 Å². The normalized spacial score (nSPS) is 11.6. The predicted molar refractivity (Wildman–Crippen MR) is 129 cm³/mol. The quantitative estimate of drug-likeness (QED) is 0.408. The highest BCUT2D eigenvalue weighted by molar-refractivity contribution is 7.89. The molecule has 2 aromatic carbocycles. The van der Waals surface area contributed by atoms with E-state index in [1.54, 1.807) is 25.3 Å². The molecule has 33 heavy (non-hydrogen) atoms. The van der Waals surface area contributed by atoms with Crippen LogP contribution in [0.1, 0.15) is 17.0 Å². The zero-order valence-electron chi connectivity index (χ0n) is 18.9. The van der Waals surface area contributed by atoms with Crippen molar-refractivity contribution in [2.75, 3.05) is 24.7 Å². The highest BCUT2D eigenvalue weighted by atomic mass is 32.2. The summed E-state index contributed by atoms with van der Waals surface area (Å²) in [6.45, 7) is 2.51. The highest BCUT2D eigenvalue weighted by Crippen LogP contribution is 2.30. The number of nitrogens with zero attached hydrogens (tertiary/aromatic N) is 4. The van der Waals surface area contributed by atoms with Crippen LogP contribution in [0, 0.1) is 6.92 Å². The van der Waals surface area contributed by atoms with Crippen LogP contribution < -0.4 is 19.9 Å². The van der Waals surface area contributed by atoms with E-state index < -0.39 is 10.0 Å². The van der Waals surface area contributed by atoms with Crippen LogP contribution >= 0.6 is 0 Å². The van der Waals surface area contributed by atoms with E-state index in [-0.39, 0.29) is 11.4 Å². The number of hydrogen-bond acceptors (Lipinski definition) is 6. The van der Waals surface area contributed by atoms with Crippen molar-refractivity contribution in [3.8, 4) is 0 Å². The van der Waals surface area contributed by atoms with Crippen LogP contribution in [-0.2, 0) is 23.1 Å². The van der Waals surface area contributed by atoms with Gasteiger partial charge >= 0.3 is 0 Å². The first-order valence-electron chi connectivity index (χ1n) is 10.5. The Kier molecular flexibility index (Phi) is 6.26. The first-order valence-corrected chi connectivity index (χ1v) is 12.0. The standard InChI is InChI=1S/C24H27N6O2S/c1-17-26-15-19(24(25)28-17)16-30-12-10-18(11-13-30)14-27-33(31,32)23-9-5-6-20-21(23)7-4-8-22(20)29(2)3/h4-13,15,27H,14,16H2,1-3H3,(H2,25,26,28)/q+1. The summed E-state index contributed by atoms with van der Waals surface area (Å²) >= 11 is 0. The third-order valence-electron chi connectivity index (χ3n) is 5.43. The number of pyridine rings is 1. The lowest BCUT2D eigenvalue weighted by molar-refractivity contribution is -0.688. The van der Waals surface area contributed by atoms with Crippen molar-refractivity contribution >= 4 is 32.3 Å². The van der Waals surface area contributed by atoms with Gasteiger partial charge in [0.25, 0.3) is 0 Å². The first kappa shape index (κ1) is 22.6. The monoisotopic (exact) mass is 463 g/mol. The Balaban J connectivity index is 1.50. The predicted octanol–water partition coefficient (Wildman–Crippen LogP) is 2.40. The number of fused-ring (bicyclic) bond motifs is 1. The van der Waals surface area contributed by atoms with Gasteiger partial charge in [0.15, 0.2) is 18.9 Å². The lowest BCUT2D eigenvalue weighted by Crippen LogP contribution is -2.34. The Morgan fingerprint density at radius 3 is 2.42 bits per heavy atom. The number of sulfonamides is 1. The molecule has 0 unspecified atom stereocenters. The van der Waals surface area contributed by atoms with Gasteiger partial charge in [-0.1, -0.05) is 24.3 Å². The minimum absolute atomic E-state index is 0.183. The summed E-state index contributed by atoms with van der Waals surface area (Å²) < 4.78 is 30.9. The van der Waals surface area contributed by atoms with Gasteiger partial charge in [-0.15, -0.1) is 0 Å². The molecule has 4 rings (SSSR count). The summed E-state index contributed by atoms with van der Waals surface area (Å²) in [7, 11) is 0.177. The minimum atomic E-state index is -3.70. The average molecular weight is 464 g/mol. The third kappa shape index (κ3) is 4.94. The van der Waals surface area contributed by atoms with Crippen LogP contribution in [0.5, 0.6) is 0 Å². The number of rotatable bonds is 7. The second kappa shape index (κ2) is 9.13. The second-order valence-electron chi connectivity index (χ2n) is 8.05. The Morgan fingerprint density at radius 2 is 1.73 bits per heavy atom. The number of hydrogen-bond donors (Lipinski definition) is 2. The molecule has 0 bridgehead atoms. The maximum atomic E-state index is 13.1. The number of nitrogen functional groups attached to an aromatic ring is 1. The lowest BCUT2D eigenvalue weighted by atomic mass is 10.1. The van der Waals surface area contributed by atoms with E-state index in [0.717, 1.165) is 22.2 Å². The zero-order valence-corrected chi connectivity index (χ0v) is 19.7. The fourth-order valence-corrected chi connectivity index (χ4v) is 4.92. The summed E-state index contributed by atoms with van der Waals surface area (Å²) in [5.41, 5.74) is 8.61. The molecular weight excluding hydrogens is 436 g/mol. The Morgan fingerprint density at radius 1 is 1.03 bits per heavy atom. The summed E-state index contributed by atoms with van der Waals surface area (Å²) in [6, 6.07) is 14.8. The molecule has 3 N–H and O–H groups in total. The topological polar surface area (TPSA) is 105 Å². The molecule has 0 fully saturated rings. The van der Waals surface area contributed by atoms with E-state index in [4.69, 9.17) is 5.73 Å². The lowest BCUT2D eigenvalue weighted by Gasteiger charge is -2.17. The van der Waals surface area contributed by atoms with E-state index in [0.29, 0.717) is 23.6 Å². The van der Waals surface area contributed by atoms with Gasteiger partial charge < -0.3 is 10.6 Å². The number of nitrogens with two attached hydrogens (primary N) is 1. The van der Waals surface area contributed by atoms with E-state index in [2.05, 4.69) is 14.7 Å². The van der Waals surface area contributed by atoms with Gasteiger partial charge in [-0.3, -0.25) is 0 Å². The molecule has 0 spiro atoms. The summed E-state index contributed by atoms with van der Waals surface area (Å²) in [5.74, 6) is 1.09. The van der Waals surface area contributed by atoms with E-state index in [9.17, 15) is 8.42 Å². The number of aromatic nitrogens is 3. The maximum Gasteiger partial charge on any atom is 0.241 e. The van der Waals surface area contributed by atoms with Gasteiger partial charge in [0.2, 0.25) is 10.0 Å². The Hall–Kier alpha value is -3.56. The molecule has 170 valence electrons. The van der Waals surface area contributed by atoms with Crippen molar-refractivity contribution in [1.29, 1.82) is 0 Å². The highest BCUT2D eigenvalue weighted by Gasteiger charge is 2.18. The molecule has 0 aliphatic rings. The van der Waals surface area contributed by atoms with Gasteiger partial charge in [0.05, 0.1) is 10.5 Å². The molecule has 4 aromatic rings. The van der Waals surface area contributed by atoms with Crippen LogP contribution in [0.2, 0.25) is 0 Å². The first-order chi connectivity index (χ1) is 15.7. The van der Waals surface area contributed by atoms with Crippen molar-refractivity contribution in [3.05, 3.63) is 84.1 Å². The number of nitrogens with one attached hydrogen (secondary N) is 1. The Labute approximate surface area is 193 Å². The summed E-state index contributed by atoms with van der Waals surface area (Å²) in [5, 5.41) is 1.59. The van der Waals surface area contributed by atoms with Crippen LogP contribution in [0.4, 0.5) is 11.5 Å².